The number of ether oxygens (including phenoxy) is 1. The van der Waals surface area contributed by atoms with Gasteiger partial charge in [-0.3, -0.25) is 9.59 Å². The second kappa shape index (κ2) is 9.37. The Bertz CT molecular complexity index is 1160. The van der Waals surface area contributed by atoms with Crippen LogP contribution in [0.3, 0.4) is 0 Å². The highest BCUT2D eigenvalue weighted by atomic mass is 35.5. The number of hydrogen-bond acceptors (Lipinski definition) is 3. The lowest BCUT2D eigenvalue weighted by atomic mass is 10.1. The summed E-state index contributed by atoms with van der Waals surface area (Å²) in [6, 6.07) is 9.70. The number of nitrogens with one attached hydrogen (secondary N) is 2. The molecule has 0 bridgehead atoms. The van der Waals surface area contributed by atoms with Gasteiger partial charge in [0, 0.05) is 36.9 Å². The van der Waals surface area contributed by atoms with E-state index < -0.39 is 17.2 Å². The van der Waals surface area contributed by atoms with Crippen LogP contribution in [0.1, 0.15) is 27.9 Å². The second-order valence-corrected chi connectivity index (χ2v) is 6.70. The molecule has 5 nitrogen and oxygen atoms in total. The summed E-state index contributed by atoms with van der Waals surface area (Å²) in [5.41, 5.74) is 0.559. The van der Waals surface area contributed by atoms with E-state index in [0.717, 1.165) is 5.56 Å². The molecule has 2 N–H and O–H groups in total. The Balaban J connectivity index is 1.87. The lowest BCUT2D eigenvalue weighted by Crippen LogP contribution is -2.28. The van der Waals surface area contributed by atoms with Crippen molar-refractivity contribution in [2.45, 2.75) is 13.0 Å². The molecule has 0 aliphatic rings. The van der Waals surface area contributed by atoms with Crippen molar-refractivity contribution in [3.05, 3.63) is 80.3 Å². The van der Waals surface area contributed by atoms with Crippen molar-refractivity contribution in [3.8, 4) is 11.8 Å². The van der Waals surface area contributed by atoms with Crippen molar-refractivity contribution < 1.29 is 13.9 Å². The zero-order valence-corrected chi connectivity index (χ0v) is 16.4. The SMILES string of the molecule is COCCC#Cc1cc(F)c2[nH]cc(C(=O)NCc3ccc(Cl)cc3)c(=O)c2c1. The number of methoxy groups -OCH3 is 1. The fourth-order valence-corrected chi connectivity index (χ4v) is 2.85. The van der Waals surface area contributed by atoms with Crippen molar-refractivity contribution in [2.75, 3.05) is 13.7 Å². The lowest BCUT2D eigenvalue weighted by molar-refractivity contribution is 0.0949. The molecule has 1 heterocycles. The molecule has 7 heteroatoms. The number of hydrogen-bond donors (Lipinski definition) is 2. The van der Waals surface area contributed by atoms with Gasteiger partial charge in [-0.2, -0.15) is 0 Å². The molecule has 0 spiro atoms. The second-order valence-electron chi connectivity index (χ2n) is 6.27. The van der Waals surface area contributed by atoms with Crippen LogP contribution in [0.15, 0.2) is 47.4 Å². The van der Waals surface area contributed by atoms with Crippen LogP contribution < -0.4 is 10.7 Å². The van der Waals surface area contributed by atoms with Crippen molar-refractivity contribution in [1.29, 1.82) is 0 Å². The van der Waals surface area contributed by atoms with Crippen LogP contribution in [-0.4, -0.2) is 24.6 Å². The Hall–Kier alpha value is -3.14. The predicted octanol–water partition coefficient (Wildman–Crippen LogP) is 3.64. The van der Waals surface area contributed by atoms with Crippen molar-refractivity contribution in [1.82, 2.24) is 10.3 Å². The molecule has 2 aromatic carbocycles. The van der Waals surface area contributed by atoms with E-state index in [0.29, 0.717) is 23.6 Å². The number of halogens is 2. The number of aromatic amines is 1. The van der Waals surface area contributed by atoms with Crippen molar-refractivity contribution in [3.63, 3.8) is 0 Å². The summed E-state index contributed by atoms with van der Waals surface area (Å²) in [6.07, 6.45) is 1.70. The quantitative estimate of drug-likeness (QED) is 0.496. The third-order valence-electron chi connectivity index (χ3n) is 4.22. The number of aromatic nitrogens is 1. The molecule has 29 heavy (non-hydrogen) atoms. The van der Waals surface area contributed by atoms with Gasteiger partial charge in [-0.15, -0.1) is 0 Å². The fraction of sp³-hybridized carbons (Fsp3) is 0.182. The highest BCUT2D eigenvalue weighted by Crippen LogP contribution is 2.16. The van der Waals surface area contributed by atoms with Gasteiger partial charge in [-0.25, -0.2) is 4.39 Å². The molecule has 3 rings (SSSR count). The minimum absolute atomic E-state index is 0.0340. The molecule has 1 amide bonds. The van der Waals surface area contributed by atoms with Crippen LogP contribution in [0.5, 0.6) is 0 Å². The summed E-state index contributed by atoms with van der Waals surface area (Å²) in [5.74, 6) is 4.49. The van der Waals surface area contributed by atoms with E-state index in [1.165, 1.54) is 18.3 Å². The zero-order valence-electron chi connectivity index (χ0n) is 15.6. The highest BCUT2D eigenvalue weighted by molar-refractivity contribution is 6.30. The van der Waals surface area contributed by atoms with Crippen LogP contribution in [0.25, 0.3) is 10.9 Å². The molecule has 0 atom stereocenters. The maximum Gasteiger partial charge on any atom is 0.257 e. The molecule has 0 unspecified atom stereocenters. The van der Waals surface area contributed by atoms with E-state index in [1.807, 2.05) is 0 Å². The Morgan fingerprint density at radius 1 is 1.28 bits per heavy atom. The van der Waals surface area contributed by atoms with Gasteiger partial charge in [-0.1, -0.05) is 35.6 Å². The van der Waals surface area contributed by atoms with Gasteiger partial charge < -0.3 is 15.0 Å². The first kappa shape index (κ1) is 20.6. The number of H-pyrrole nitrogens is 1. The predicted molar refractivity (Wildman–Crippen MR) is 111 cm³/mol. The largest absolute Gasteiger partial charge is 0.384 e. The summed E-state index contributed by atoms with van der Waals surface area (Å²) in [7, 11) is 1.57. The summed E-state index contributed by atoms with van der Waals surface area (Å²) in [5, 5.41) is 3.34. The van der Waals surface area contributed by atoms with Gasteiger partial charge in [0.1, 0.15) is 11.4 Å². The molecule has 0 radical (unpaired) electrons. The first-order chi connectivity index (χ1) is 14.0. The van der Waals surface area contributed by atoms with Crippen LogP contribution in [0, 0.1) is 17.7 Å². The zero-order chi connectivity index (χ0) is 20.8. The Kier molecular flexibility index (Phi) is 6.65. The molecule has 0 aliphatic carbocycles. The molecule has 0 saturated carbocycles. The molecule has 148 valence electrons. The smallest absolute Gasteiger partial charge is 0.257 e. The first-order valence-electron chi connectivity index (χ1n) is 8.85. The van der Waals surface area contributed by atoms with Gasteiger partial charge in [0.25, 0.3) is 5.91 Å². The van der Waals surface area contributed by atoms with Gasteiger partial charge in [0.05, 0.1) is 17.5 Å². The minimum Gasteiger partial charge on any atom is -0.384 e. The average molecular weight is 413 g/mol. The molecular weight excluding hydrogens is 395 g/mol. The topological polar surface area (TPSA) is 71.2 Å². The van der Waals surface area contributed by atoms with Gasteiger partial charge in [-0.05, 0) is 29.8 Å². The van der Waals surface area contributed by atoms with E-state index >= 15 is 0 Å². The minimum atomic E-state index is -0.608. The molecular formula is C22H18ClFN2O3. The molecule has 3 aromatic rings. The number of benzene rings is 2. The average Bonchev–Trinajstić information content (AvgIpc) is 2.71. The van der Waals surface area contributed by atoms with E-state index in [9.17, 15) is 14.0 Å². The third kappa shape index (κ3) is 5.02. The fourth-order valence-electron chi connectivity index (χ4n) is 2.73. The lowest BCUT2D eigenvalue weighted by Gasteiger charge is -2.07. The van der Waals surface area contributed by atoms with Crippen molar-refractivity contribution in [2.24, 2.45) is 0 Å². The van der Waals surface area contributed by atoms with E-state index in [1.54, 1.807) is 31.4 Å². The third-order valence-corrected chi connectivity index (χ3v) is 4.47. The monoisotopic (exact) mass is 412 g/mol. The maximum atomic E-state index is 14.4. The Morgan fingerprint density at radius 3 is 2.76 bits per heavy atom. The number of rotatable bonds is 5. The standard InChI is InChI=1S/C22H18ClFN2O3/c1-29-9-3-2-4-15-10-17-20(19(24)11-15)25-13-18(21(17)27)22(28)26-12-14-5-7-16(23)8-6-14/h5-8,10-11,13H,3,9,12H2,1H3,(H,25,27)(H,26,28). The van der Waals surface area contributed by atoms with E-state index in [4.69, 9.17) is 16.3 Å². The van der Waals surface area contributed by atoms with Gasteiger partial charge in [0.15, 0.2) is 0 Å². The molecule has 0 aliphatic heterocycles. The van der Waals surface area contributed by atoms with Crippen molar-refractivity contribution >= 4 is 28.4 Å². The number of amides is 1. The van der Waals surface area contributed by atoms with Crippen LogP contribution in [0.4, 0.5) is 4.39 Å². The summed E-state index contributed by atoms with van der Waals surface area (Å²) in [6.45, 7) is 0.689. The normalized spacial score (nSPS) is 10.4. The Labute approximate surface area is 171 Å². The molecule has 0 fully saturated rings. The number of carbonyl (C=O) groups is 1. The molecule has 1 aromatic heterocycles. The number of carbonyl (C=O) groups excluding carboxylic acids is 1. The van der Waals surface area contributed by atoms with E-state index in [2.05, 4.69) is 22.1 Å². The van der Waals surface area contributed by atoms with Gasteiger partial charge in [0.2, 0.25) is 5.43 Å². The molecule has 0 saturated heterocycles. The number of fused-ring (bicyclic) bond motifs is 1. The summed E-state index contributed by atoms with van der Waals surface area (Å²) < 4.78 is 19.3. The van der Waals surface area contributed by atoms with Crippen LogP contribution in [-0.2, 0) is 11.3 Å². The van der Waals surface area contributed by atoms with Crippen LogP contribution >= 0.6 is 11.6 Å². The van der Waals surface area contributed by atoms with Crippen LogP contribution in [0.2, 0.25) is 5.02 Å². The highest BCUT2D eigenvalue weighted by Gasteiger charge is 2.15. The first-order valence-corrected chi connectivity index (χ1v) is 9.23. The van der Waals surface area contributed by atoms with E-state index in [-0.39, 0.29) is 23.0 Å². The summed E-state index contributed by atoms with van der Waals surface area (Å²) >= 11 is 5.84. The van der Waals surface area contributed by atoms with Gasteiger partial charge >= 0.3 is 0 Å². The Morgan fingerprint density at radius 2 is 2.03 bits per heavy atom. The number of pyridine rings is 1. The maximum absolute atomic E-state index is 14.4. The summed E-state index contributed by atoms with van der Waals surface area (Å²) in [4.78, 5) is 27.9.